The van der Waals surface area contributed by atoms with Crippen LogP contribution in [0.1, 0.15) is 23.7 Å². The maximum absolute atomic E-state index is 12.1. The molecule has 5 nitrogen and oxygen atoms in total. The van der Waals surface area contributed by atoms with Crippen molar-refractivity contribution >= 4 is 17.4 Å². The van der Waals surface area contributed by atoms with Gasteiger partial charge in [-0.15, -0.1) is 0 Å². The lowest BCUT2D eigenvalue weighted by molar-refractivity contribution is 0.0954. The zero-order valence-electron chi connectivity index (χ0n) is 12.2. The standard InChI is InChI=1S/C16H19N3O2/c1-3-10-18-16(20)12-7-6-11-17-15(12)19-13-8-4-5-9-14(13)21-2/h4-9,11H,3,10H2,1-2H3,(H,17,19)(H,18,20). The number of methoxy groups -OCH3 is 1. The van der Waals surface area contributed by atoms with Crippen LogP contribution in [0.3, 0.4) is 0 Å². The van der Waals surface area contributed by atoms with Crippen molar-refractivity contribution < 1.29 is 9.53 Å². The maximum Gasteiger partial charge on any atom is 0.255 e. The summed E-state index contributed by atoms with van der Waals surface area (Å²) in [6.45, 7) is 2.65. The average Bonchev–Trinajstić information content (AvgIpc) is 2.53. The van der Waals surface area contributed by atoms with Crippen molar-refractivity contribution in [2.45, 2.75) is 13.3 Å². The van der Waals surface area contributed by atoms with E-state index in [2.05, 4.69) is 15.6 Å². The van der Waals surface area contributed by atoms with Gasteiger partial charge in [-0.05, 0) is 30.7 Å². The molecule has 1 aromatic heterocycles. The monoisotopic (exact) mass is 285 g/mol. The molecule has 0 saturated heterocycles. The van der Waals surface area contributed by atoms with Crippen molar-refractivity contribution in [2.75, 3.05) is 19.0 Å². The molecule has 0 unspecified atom stereocenters. The highest BCUT2D eigenvalue weighted by Gasteiger charge is 2.13. The Kier molecular flexibility index (Phi) is 5.15. The molecule has 2 aromatic rings. The SMILES string of the molecule is CCCNC(=O)c1cccnc1Nc1ccccc1OC. The number of anilines is 2. The molecule has 0 fully saturated rings. The summed E-state index contributed by atoms with van der Waals surface area (Å²) >= 11 is 0. The quantitative estimate of drug-likeness (QED) is 0.856. The van der Waals surface area contributed by atoms with E-state index in [1.807, 2.05) is 31.2 Å². The van der Waals surface area contributed by atoms with Crippen LogP contribution in [0.15, 0.2) is 42.6 Å². The van der Waals surface area contributed by atoms with Crippen LogP contribution in [-0.4, -0.2) is 24.5 Å². The van der Waals surface area contributed by atoms with Gasteiger partial charge < -0.3 is 15.4 Å². The Bertz CT molecular complexity index is 614. The van der Waals surface area contributed by atoms with Gasteiger partial charge in [-0.3, -0.25) is 4.79 Å². The normalized spacial score (nSPS) is 10.0. The third kappa shape index (κ3) is 3.72. The van der Waals surface area contributed by atoms with Crippen LogP contribution in [0.2, 0.25) is 0 Å². The number of hydrogen-bond acceptors (Lipinski definition) is 4. The number of aromatic nitrogens is 1. The number of carbonyl (C=O) groups is 1. The van der Waals surface area contributed by atoms with Crippen molar-refractivity contribution in [3.63, 3.8) is 0 Å². The van der Waals surface area contributed by atoms with Crippen molar-refractivity contribution in [3.05, 3.63) is 48.2 Å². The van der Waals surface area contributed by atoms with Crippen molar-refractivity contribution in [3.8, 4) is 5.75 Å². The fourth-order valence-corrected chi connectivity index (χ4v) is 1.90. The van der Waals surface area contributed by atoms with Crippen molar-refractivity contribution in [1.82, 2.24) is 10.3 Å². The first kappa shape index (κ1) is 14.8. The molecule has 0 aliphatic carbocycles. The van der Waals surface area contributed by atoms with Crippen molar-refractivity contribution in [2.24, 2.45) is 0 Å². The molecule has 110 valence electrons. The minimum Gasteiger partial charge on any atom is -0.495 e. The van der Waals surface area contributed by atoms with Gasteiger partial charge in [-0.1, -0.05) is 19.1 Å². The number of carbonyl (C=O) groups excluding carboxylic acids is 1. The predicted octanol–water partition coefficient (Wildman–Crippen LogP) is 2.97. The number of para-hydroxylation sites is 2. The second kappa shape index (κ2) is 7.28. The van der Waals surface area contributed by atoms with Crippen LogP contribution in [0.5, 0.6) is 5.75 Å². The highest BCUT2D eigenvalue weighted by molar-refractivity contribution is 5.99. The summed E-state index contributed by atoms with van der Waals surface area (Å²) < 4.78 is 5.29. The zero-order chi connectivity index (χ0) is 15.1. The van der Waals surface area contributed by atoms with Gasteiger partial charge in [0.1, 0.15) is 11.6 Å². The van der Waals surface area contributed by atoms with E-state index in [-0.39, 0.29) is 5.91 Å². The third-order valence-electron chi connectivity index (χ3n) is 2.95. The van der Waals surface area contributed by atoms with E-state index in [0.717, 1.165) is 12.1 Å². The first-order valence-corrected chi connectivity index (χ1v) is 6.89. The highest BCUT2D eigenvalue weighted by Crippen LogP contribution is 2.27. The van der Waals surface area contributed by atoms with Crippen LogP contribution < -0.4 is 15.4 Å². The molecular weight excluding hydrogens is 266 g/mol. The van der Waals surface area contributed by atoms with Crippen LogP contribution in [0, 0.1) is 0 Å². The van der Waals surface area contributed by atoms with Gasteiger partial charge in [0.15, 0.2) is 0 Å². The Balaban J connectivity index is 2.26. The predicted molar refractivity (Wildman–Crippen MR) is 83.1 cm³/mol. The molecule has 0 aliphatic heterocycles. The number of rotatable bonds is 6. The summed E-state index contributed by atoms with van der Waals surface area (Å²) in [5.74, 6) is 1.07. The average molecular weight is 285 g/mol. The summed E-state index contributed by atoms with van der Waals surface area (Å²) in [4.78, 5) is 16.4. The van der Waals surface area contributed by atoms with Gasteiger partial charge in [0.25, 0.3) is 5.91 Å². The van der Waals surface area contributed by atoms with Crippen LogP contribution in [0.25, 0.3) is 0 Å². The number of amides is 1. The van der Waals surface area contributed by atoms with Crippen LogP contribution >= 0.6 is 0 Å². The van der Waals surface area contributed by atoms with E-state index in [1.54, 1.807) is 25.4 Å². The lowest BCUT2D eigenvalue weighted by Crippen LogP contribution is -2.25. The molecule has 21 heavy (non-hydrogen) atoms. The molecule has 0 radical (unpaired) electrons. The minimum atomic E-state index is -0.137. The number of nitrogens with zero attached hydrogens (tertiary/aromatic N) is 1. The summed E-state index contributed by atoms with van der Waals surface area (Å²) in [5, 5.41) is 6.01. The second-order valence-electron chi connectivity index (χ2n) is 4.48. The molecule has 5 heteroatoms. The van der Waals surface area contributed by atoms with E-state index < -0.39 is 0 Å². The van der Waals surface area contributed by atoms with Gasteiger partial charge in [0.05, 0.1) is 18.4 Å². The van der Waals surface area contributed by atoms with Gasteiger partial charge >= 0.3 is 0 Å². The third-order valence-corrected chi connectivity index (χ3v) is 2.95. The molecule has 2 rings (SSSR count). The zero-order valence-corrected chi connectivity index (χ0v) is 12.2. The Morgan fingerprint density at radius 1 is 1.24 bits per heavy atom. The number of hydrogen-bond donors (Lipinski definition) is 2. The van der Waals surface area contributed by atoms with Gasteiger partial charge in [0, 0.05) is 12.7 Å². The Hall–Kier alpha value is -2.56. The molecule has 0 saturated carbocycles. The second-order valence-corrected chi connectivity index (χ2v) is 4.48. The Morgan fingerprint density at radius 2 is 2.05 bits per heavy atom. The molecule has 0 spiro atoms. The Morgan fingerprint density at radius 3 is 2.81 bits per heavy atom. The number of ether oxygens (including phenoxy) is 1. The lowest BCUT2D eigenvalue weighted by atomic mass is 10.2. The van der Waals surface area contributed by atoms with E-state index >= 15 is 0 Å². The topological polar surface area (TPSA) is 63.2 Å². The van der Waals surface area contributed by atoms with Gasteiger partial charge in [-0.2, -0.15) is 0 Å². The lowest BCUT2D eigenvalue weighted by Gasteiger charge is -2.13. The molecule has 2 N–H and O–H groups in total. The largest absolute Gasteiger partial charge is 0.495 e. The summed E-state index contributed by atoms with van der Waals surface area (Å²) in [7, 11) is 1.60. The van der Waals surface area contributed by atoms with Crippen molar-refractivity contribution in [1.29, 1.82) is 0 Å². The highest BCUT2D eigenvalue weighted by atomic mass is 16.5. The van der Waals surface area contributed by atoms with E-state index in [4.69, 9.17) is 4.74 Å². The number of benzene rings is 1. The van der Waals surface area contributed by atoms with Crippen LogP contribution in [0.4, 0.5) is 11.5 Å². The smallest absolute Gasteiger partial charge is 0.255 e. The fourth-order valence-electron chi connectivity index (χ4n) is 1.90. The van der Waals surface area contributed by atoms with E-state index in [1.165, 1.54) is 0 Å². The molecular formula is C16H19N3O2. The first-order chi connectivity index (χ1) is 10.3. The Labute approximate surface area is 124 Å². The summed E-state index contributed by atoms with van der Waals surface area (Å²) in [5.41, 5.74) is 1.28. The molecule has 0 bridgehead atoms. The molecule has 0 atom stereocenters. The van der Waals surface area contributed by atoms with E-state index in [9.17, 15) is 4.79 Å². The van der Waals surface area contributed by atoms with Crippen LogP contribution in [-0.2, 0) is 0 Å². The summed E-state index contributed by atoms with van der Waals surface area (Å²) in [6.07, 6.45) is 2.54. The molecule has 1 amide bonds. The first-order valence-electron chi connectivity index (χ1n) is 6.89. The number of pyridine rings is 1. The molecule has 1 heterocycles. The van der Waals surface area contributed by atoms with E-state index in [0.29, 0.717) is 23.7 Å². The molecule has 0 aliphatic rings. The number of nitrogens with one attached hydrogen (secondary N) is 2. The molecule has 1 aromatic carbocycles. The van der Waals surface area contributed by atoms with Gasteiger partial charge in [0.2, 0.25) is 0 Å². The van der Waals surface area contributed by atoms with Gasteiger partial charge in [-0.25, -0.2) is 4.98 Å². The minimum absolute atomic E-state index is 0.137. The maximum atomic E-state index is 12.1. The fraction of sp³-hybridized carbons (Fsp3) is 0.250. The summed E-state index contributed by atoms with van der Waals surface area (Å²) in [6, 6.07) is 11.0.